The number of ether oxygens (including phenoxy) is 8. The minimum Gasteiger partial charge on any atom is -0.374 e. The summed E-state index contributed by atoms with van der Waals surface area (Å²) in [6.45, 7) is 6.26. The molecule has 0 unspecified atom stereocenters. The number of hydrogen-bond acceptors (Lipinski definition) is 8. The number of benzene rings is 4. The van der Waals surface area contributed by atoms with Gasteiger partial charge in [0.1, 0.15) is 30.5 Å². The van der Waals surface area contributed by atoms with Gasteiger partial charge in [0.05, 0.1) is 46.2 Å². The van der Waals surface area contributed by atoms with Gasteiger partial charge in [-0.1, -0.05) is 121 Å². The van der Waals surface area contributed by atoms with Crippen molar-refractivity contribution in [3.05, 3.63) is 144 Å². The summed E-state index contributed by atoms with van der Waals surface area (Å²) in [6, 6.07) is 40.4. The van der Waals surface area contributed by atoms with E-state index in [1.54, 1.807) is 0 Å². The van der Waals surface area contributed by atoms with E-state index in [0.29, 0.717) is 33.0 Å². The van der Waals surface area contributed by atoms with Gasteiger partial charge in [-0.15, -0.1) is 0 Å². The molecule has 2 heterocycles. The lowest BCUT2D eigenvalue weighted by Crippen LogP contribution is -2.62. The minimum absolute atomic E-state index is 0.248. The Morgan fingerprint density at radius 1 is 0.542 bits per heavy atom. The molecule has 254 valence electrons. The summed E-state index contributed by atoms with van der Waals surface area (Å²) in [4.78, 5) is 0. The molecular formula is C40H46O8. The molecule has 6 atom stereocenters. The highest BCUT2D eigenvalue weighted by molar-refractivity contribution is 5.16. The number of hydrogen-bond donors (Lipinski definition) is 0. The molecule has 0 spiro atoms. The zero-order valence-corrected chi connectivity index (χ0v) is 27.7. The standard InChI is InChI=1S/C40H46O8/c1-40(2)46-28-34(48-40)27-45-39-38(44-26-33-21-13-6-14-22-33)37(43-25-32-19-11-5-12-20-32)36(42-24-31-17-9-4-10-18-31)35(47-39)29-41-23-30-15-7-3-8-16-30/h3-22,34-39H,23-29H2,1-2H3/t34-,35-,36-,37+,38-,39+/m1/s1. The largest absolute Gasteiger partial charge is 0.374 e. The van der Waals surface area contributed by atoms with Crippen LogP contribution < -0.4 is 0 Å². The van der Waals surface area contributed by atoms with Crippen molar-refractivity contribution in [2.75, 3.05) is 19.8 Å². The summed E-state index contributed by atoms with van der Waals surface area (Å²) in [5.41, 5.74) is 4.19. The van der Waals surface area contributed by atoms with Crippen molar-refractivity contribution in [3.8, 4) is 0 Å². The van der Waals surface area contributed by atoms with Gasteiger partial charge in [0.15, 0.2) is 12.1 Å². The molecule has 0 radical (unpaired) electrons. The van der Waals surface area contributed by atoms with Gasteiger partial charge in [0.25, 0.3) is 0 Å². The molecule has 2 fully saturated rings. The molecule has 8 heteroatoms. The summed E-state index contributed by atoms with van der Waals surface area (Å²) in [7, 11) is 0. The van der Waals surface area contributed by atoms with Crippen LogP contribution in [0.1, 0.15) is 36.1 Å². The lowest BCUT2D eigenvalue weighted by atomic mass is 9.97. The van der Waals surface area contributed by atoms with E-state index in [0.717, 1.165) is 22.3 Å². The van der Waals surface area contributed by atoms with Crippen molar-refractivity contribution in [1.82, 2.24) is 0 Å². The third kappa shape index (κ3) is 10.0. The van der Waals surface area contributed by atoms with E-state index in [2.05, 4.69) is 0 Å². The molecule has 0 aromatic heterocycles. The van der Waals surface area contributed by atoms with Gasteiger partial charge in [0.2, 0.25) is 0 Å². The Hall–Kier alpha value is -3.44. The number of rotatable bonds is 16. The minimum atomic E-state index is -0.788. The fraction of sp³-hybridized carbons (Fsp3) is 0.400. The molecule has 0 amide bonds. The Bertz CT molecular complexity index is 1470. The zero-order chi connectivity index (χ0) is 33.0. The van der Waals surface area contributed by atoms with E-state index in [4.69, 9.17) is 37.9 Å². The summed E-state index contributed by atoms with van der Waals surface area (Å²) >= 11 is 0. The molecule has 0 bridgehead atoms. The highest BCUT2D eigenvalue weighted by Gasteiger charge is 2.49. The van der Waals surface area contributed by atoms with Crippen molar-refractivity contribution < 1.29 is 37.9 Å². The zero-order valence-electron chi connectivity index (χ0n) is 27.7. The first-order chi connectivity index (χ1) is 23.5. The van der Waals surface area contributed by atoms with Gasteiger partial charge in [-0.05, 0) is 36.1 Å². The molecule has 8 nitrogen and oxygen atoms in total. The van der Waals surface area contributed by atoms with Crippen LogP contribution in [0.3, 0.4) is 0 Å². The van der Waals surface area contributed by atoms with Crippen molar-refractivity contribution in [2.45, 2.75) is 82.9 Å². The first-order valence-electron chi connectivity index (χ1n) is 16.7. The van der Waals surface area contributed by atoms with Gasteiger partial charge in [-0.25, -0.2) is 0 Å². The average molecular weight is 655 g/mol. The monoisotopic (exact) mass is 654 g/mol. The molecule has 6 rings (SSSR count). The van der Waals surface area contributed by atoms with Crippen LogP contribution in [0.2, 0.25) is 0 Å². The second-order valence-electron chi connectivity index (χ2n) is 12.6. The normalized spacial score (nSPS) is 25.2. The van der Waals surface area contributed by atoms with Crippen molar-refractivity contribution in [1.29, 1.82) is 0 Å². The van der Waals surface area contributed by atoms with E-state index < -0.39 is 36.5 Å². The maximum atomic E-state index is 6.78. The summed E-state index contributed by atoms with van der Waals surface area (Å²) < 4.78 is 51.6. The smallest absolute Gasteiger partial charge is 0.187 e. The van der Waals surface area contributed by atoms with Crippen LogP contribution in [-0.4, -0.2) is 62.4 Å². The van der Waals surface area contributed by atoms with E-state index in [1.807, 2.05) is 135 Å². The maximum Gasteiger partial charge on any atom is 0.187 e. The molecule has 2 aliphatic rings. The van der Waals surface area contributed by atoms with Crippen LogP contribution in [0, 0.1) is 0 Å². The van der Waals surface area contributed by atoms with Crippen LogP contribution in [0.4, 0.5) is 0 Å². The highest BCUT2D eigenvalue weighted by Crippen LogP contribution is 2.32. The third-order valence-corrected chi connectivity index (χ3v) is 8.35. The topological polar surface area (TPSA) is 73.8 Å². The van der Waals surface area contributed by atoms with E-state index in [-0.39, 0.29) is 19.3 Å². The van der Waals surface area contributed by atoms with Gasteiger partial charge in [0, 0.05) is 0 Å². The Balaban J connectivity index is 1.28. The van der Waals surface area contributed by atoms with Gasteiger partial charge < -0.3 is 37.9 Å². The summed E-state index contributed by atoms with van der Waals surface area (Å²) in [5, 5.41) is 0. The van der Waals surface area contributed by atoms with Gasteiger partial charge in [-0.3, -0.25) is 0 Å². The van der Waals surface area contributed by atoms with Gasteiger partial charge >= 0.3 is 0 Å². The van der Waals surface area contributed by atoms with Crippen molar-refractivity contribution >= 4 is 0 Å². The molecule has 2 saturated heterocycles. The Morgan fingerprint density at radius 3 is 1.48 bits per heavy atom. The SMILES string of the molecule is CC1(C)OC[C@@H](CO[C@H]2O[C@H](COCc3ccccc3)[C@@H](OCc3ccccc3)[C@H](OCc3ccccc3)[C@H]2OCc2ccccc2)O1. The second kappa shape index (κ2) is 17.3. The summed E-state index contributed by atoms with van der Waals surface area (Å²) in [5.74, 6) is -0.670. The Morgan fingerprint density at radius 2 is 1.00 bits per heavy atom. The van der Waals surface area contributed by atoms with Gasteiger partial charge in [-0.2, -0.15) is 0 Å². The first kappa shape index (κ1) is 34.4. The van der Waals surface area contributed by atoms with Crippen LogP contribution in [-0.2, 0) is 64.3 Å². The molecule has 0 aliphatic carbocycles. The Kier molecular flexibility index (Phi) is 12.4. The van der Waals surface area contributed by atoms with E-state index >= 15 is 0 Å². The van der Waals surface area contributed by atoms with Crippen LogP contribution in [0.5, 0.6) is 0 Å². The lowest BCUT2D eigenvalue weighted by molar-refractivity contribution is -0.331. The lowest BCUT2D eigenvalue weighted by Gasteiger charge is -2.46. The van der Waals surface area contributed by atoms with E-state index in [1.165, 1.54) is 0 Å². The van der Waals surface area contributed by atoms with Crippen LogP contribution >= 0.6 is 0 Å². The average Bonchev–Trinajstić information content (AvgIpc) is 3.48. The predicted molar refractivity (Wildman–Crippen MR) is 181 cm³/mol. The fourth-order valence-electron chi connectivity index (χ4n) is 5.93. The molecule has 0 N–H and O–H groups in total. The third-order valence-electron chi connectivity index (χ3n) is 8.35. The van der Waals surface area contributed by atoms with E-state index in [9.17, 15) is 0 Å². The second-order valence-corrected chi connectivity index (χ2v) is 12.6. The fourth-order valence-corrected chi connectivity index (χ4v) is 5.93. The van der Waals surface area contributed by atoms with Crippen LogP contribution in [0.15, 0.2) is 121 Å². The first-order valence-corrected chi connectivity index (χ1v) is 16.7. The molecule has 2 aliphatic heterocycles. The predicted octanol–water partition coefficient (Wildman–Crippen LogP) is 6.85. The Labute approximate surface area is 283 Å². The molecule has 4 aromatic carbocycles. The molecule has 0 saturated carbocycles. The van der Waals surface area contributed by atoms with Crippen molar-refractivity contribution in [2.24, 2.45) is 0 Å². The molecule has 48 heavy (non-hydrogen) atoms. The molecular weight excluding hydrogens is 608 g/mol. The summed E-state index contributed by atoms with van der Waals surface area (Å²) in [6.07, 6.45) is -3.27. The quantitative estimate of drug-likeness (QED) is 0.130. The molecule has 4 aromatic rings. The van der Waals surface area contributed by atoms with Crippen LogP contribution in [0.25, 0.3) is 0 Å². The highest BCUT2D eigenvalue weighted by atomic mass is 16.8. The maximum absolute atomic E-state index is 6.78. The van der Waals surface area contributed by atoms with Crippen molar-refractivity contribution in [3.63, 3.8) is 0 Å².